The summed E-state index contributed by atoms with van der Waals surface area (Å²) in [5, 5.41) is 2.85. The van der Waals surface area contributed by atoms with Crippen molar-refractivity contribution in [2.45, 2.75) is 0 Å². The average Bonchev–Trinajstić information content (AvgIpc) is 2.42. The van der Waals surface area contributed by atoms with Gasteiger partial charge >= 0.3 is 6.03 Å². The summed E-state index contributed by atoms with van der Waals surface area (Å²) in [6.45, 7) is 2.27. The molecule has 1 heterocycles. The van der Waals surface area contributed by atoms with Gasteiger partial charge in [-0.3, -0.25) is 4.79 Å². The summed E-state index contributed by atoms with van der Waals surface area (Å²) in [5.74, 6) is 0. The van der Waals surface area contributed by atoms with Crippen molar-refractivity contribution in [1.29, 1.82) is 0 Å². The smallest absolute Gasteiger partial charge is 0.321 e. The van der Waals surface area contributed by atoms with Crippen molar-refractivity contribution in [3.63, 3.8) is 0 Å². The summed E-state index contributed by atoms with van der Waals surface area (Å²) in [5.41, 5.74) is 0.728. The lowest BCUT2D eigenvalue weighted by Crippen LogP contribution is -2.49. The molecule has 1 aromatic carbocycles. The lowest BCUT2D eigenvalue weighted by Gasteiger charge is -2.32. The highest BCUT2D eigenvalue weighted by molar-refractivity contribution is 9.11. The first-order chi connectivity index (χ1) is 9.10. The van der Waals surface area contributed by atoms with Gasteiger partial charge in [0, 0.05) is 35.1 Å². The first-order valence-corrected chi connectivity index (χ1v) is 7.39. The summed E-state index contributed by atoms with van der Waals surface area (Å²) >= 11 is 6.76. The van der Waals surface area contributed by atoms with Gasteiger partial charge in [0.1, 0.15) is 0 Å². The van der Waals surface area contributed by atoms with Crippen LogP contribution in [0, 0.1) is 0 Å². The van der Waals surface area contributed by atoms with E-state index in [-0.39, 0.29) is 6.03 Å². The molecule has 0 atom stereocenters. The predicted molar refractivity (Wildman–Crippen MR) is 80.1 cm³/mol. The van der Waals surface area contributed by atoms with E-state index in [9.17, 15) is 9.59 Å². The average molecular weight is 391 g/mol. The van der Waals surface area contributed by atoms with Crippen molar-refractivity contribution >= 4 is 50.0 Å². The largest absolute Gasteiger partial charge is 0.342 e. The Morgan fingerprint density at radius 1 is 1.21 bits per heavy atom. The summed E-state index contributed by atoms with van der Waals surface area (Å²) < 4.78 is 1.76. The molecule has 19 heavy (non-hydrogen) atoms. The first kappa shape index (κ1) is 14.3. The zero-order valence-electron chi connectivity index (χ0n) is 10.1. The molecule has 7 heteroatoms. The van der Waals surface area contributed by atoms with Crippen molar-refractivity contribution in [2.75, 3.05) is 31.5 Å². The fraction of sp³-hybridized carbons (Fsp3) is 0.333. The SMILES string of the molecule is O=CN1CCN(C(=O)Nc2ccc(Br)cc2Br)CC1. The standard InChI is InChI=1S/C12H13Br2N3O2/c13-9-1-2-11(10(14)7-9)15-12(19)17-5-3-16(8-18)4-6-17/h1-2,7-8H,3-6H2,(H,15,19). The number of amides is 3. The molecule has 0 radical (unpaired) electrons. The van der Waals surface area contributed by atoms with Crippen LogP contribution in [-0.2, 0) is 4.79 Å². The fourth-order valence-corrected chi connectivity index (χ4v) is 2.96. The molecule has 1 aromatic rings. The van der Waals surface area contributed by atoms with Gasteiger partial charge in [0.25, 0.3) is 0 Å². The lowest BCUT2D eigenvalue weighted by atomic mass is 10.3. The molecule has 1 fully saturated rings. The molecule has 0 saturated carbocycles. The minimum atomic E-state index is -0.145. The van der Waals surface area contributed by atoms with E-state index in [1.165, 1.54) is 0 Å². The van der Waals surface area contributed by atoms with Crippen LogP contribution in [0.25, 0.3) is 0 Å². The van der Waals surface area contributed by atoms with Gasteiger partial charge in [-0.15, -0.1) is 0 Å². The molecule has 1 saturated heterocycles. The molecular weight excluding hydrogens is 378 g/mol. The number of hydrogen-bond donors (Lipinski definition) is 1. The molecule has 0 aromatic heterocycles. The molecule has 0 unspecified atom stereocenters. The Balaban J connectivity index is 1.96. The topological polar surface area (TPSA) is 52.7 Å². The number of nitrogens with one attached hydrogen (secondary N) is 1. The fourth-order valence-electron chi connectivity index (χ4n) is 1.82. The third kappa shape index (κ3) is 3.70. The lowest BCUT2D eigenvalue weighted by molar-refractivity contribution is -0.119. The van der Waals surface area contributed by atoms with Gasteiger partial charge in [-0.2, -0.15) is 0 Å². The molecule has 2 rings (SSSR count). The van der Waals surface area contributed by atoms with Gasteiger partial charge in [0.15, 0.2) is 0 Å². The quantitative estimate of drug-likeness (QED) is 0.789. The highest BCUT2D eigenvalue weighted by Gasteiger charge is 2.20. The van der Waals surface area contributed by atoms with Crippen molar-refractivity contribution in [3.8, 4) is 0 Å². The summed E-state index contributed by atoms with van der Waals surface area (Å²) in [6.07, 6.45) is 0.820. The van der Waals surface area contributed by atoms with E-state index in [0.29, 0.717) is 26.2 Å². The Morgan fingerprint density at radius 3 is 2.47 bits per heavy atom. The van der Waals surface area contributed by atoms with E-state index in [4.69, 9.17) is 0 Å². The highest BCUT2D eigenvalue weighted by Crippen LogP contribution is 2.26. The van der Waals surface area contributed by atoms with Crippen LogP contribution in [0.3, 0.4) is 0 Å². The molecule has 1 aliphatic heterocycles. The van der Waals surface area contributed by atoms with Gasteiger partial charge in [-0.05, 0) is 34.1 Å². The molecule has 102 valence electrons. The zero-order valence-corrected chi connectivity index (χ0v) is 13.3. The Morgan fingerprint density at radius 2 is 1.89 bits per heavy atom. The Labute approximate surface area is 128 Å². The maximum absolute atomic E-state index is 12.1. The third-order valence-corrected chi connectivity index (χ3v) is 4.07. The minimum Gasteiger partial charge on any atom is -0.342 e. The first-order valence-electron chi connectivity index (χ1n) is 5.80. The van der Waals surface area contributed by atoms with Crippen LogP contribution in [0.4, 0.5) is 10.5 Å². The second kappa shape index (κ2) is 6.38. The molecule has 5 nitrogen and oxygen atoms in total. The molecule has 3 amide bonds. The van der Waals surface area contributed by atoms with E-state index >= 15 is 0 Å². The normalized spacial score (nSPS) is 15.3. The number of hydrogen-bond acceptors (Lipinski definition) is 2. The number of carbonyl (C=O) groups excluding carboxylic acids is 2. The number of carbonyl (C=O) groups is 2. The third-order valence-electron chi connectivity index (χ3n) is 2.92. The van der Waals surface area contributed by atoms with Crippen molar-refractivity contribution in [1.82, 2.24) is 9.80 Å². The maximum Gasteiger partial charge on any atom is 0.321 e. The molecular formula is C12H13Br2N3O2. The molecule has 0 aliphatic carbocycles. The van der Waals surface area contributed by atoms with Crippen LogP contribution in [0.1, 0.15) is 0 Å². The number of nitrogens with zero attached hydrogens (tertiary/aromatic N) is 2. The molecule has 1 aliphatic rings. The van der Waals surface area contributed by atoms with Crippen LogP contribution < -0.4 is 5.32 Å². The predicted octanol–water partition coefficient (Wildman–Crippen LogP) is 2.52. The second-order valence-corrected chi connectivity index (χ2v) is 5.95. The molecule has 0 bridgehead atoms. The maximum atomic E-state index is 12.1. The van der Waals surface area contributed by atoms with E-state index in [0.717, 1.165) is 21.0 Å². The number of benzene rings is 1. The van der Waals surface area contributed by atoms with Crippen molar-refractivity contribution in [2.24, 2.45) is 0 Å². The van der Waals surface area contributed by atoms with E-state index in [1.54, 1.807) is 9.80 Å². The van der Waals surface area contributed by atoms with Gasteiger partial charge < -0.3 is 15.1 Å². The Kier molecular flexibility index (Phi) is 4.81. The van der Waals surface area contributed by atoms with Crippen LogP contribution in [0.15, 0.2) is 27.1 Å². The minimum absolute atomic E-state index is 0.145. The van der Waals surface area contributed by atoms with E-state index in [1.807, 2.05) is 18.2 Å². The zero-order chi connectivity index (χ0) is 13.8. The summed E-state index contributed by atoms with van der Waals surface area (Å²) in [4.78, 5) is 26.0. The van der Waals surface area contributed by atoms with Crippen LogP contribution >= 0.6 is 31.9 Å². The van der Waals surface area contributed by atoms with Gasteiger partial charge in [0.05, 0.1) is 5.69 Å². The van der Waals surface area contributed by atoms with Crippen LogP contribution in [0.2, 0.25) is 0 Å². The number of anilines is 1. The van der Waals surface area contributed by atoms with E-state index < -0.39 is 0 Å². The van der Waals surface area contributed by atoms with Crippen molar-refractivity contribution < 1.29 is 9.59 Å². The van der Waals surface area contributed by atoms with Crippen LogP contribution in [-0.4, -0.2) is 48.4 Å². The van der Waals surface area contributed by atoms with Gasteiger partial charge in [-0.25, -0.2) is 4.79 Å². The number of piperazine rings is 1. The molecule has 1 N–H and O–H groups in total. The summed E-state index contributed by atoms with van der Waals surface area (Å²) in [7, 11) is 0. The second-order valence-electron chi connectivity index (χ2n) is 4.18. The van der Waals surface area contributed by atoms with E-state index in [2.05, 4.69) is 37.2 Å². The number of halogens is 2. The van der Waals surface area contributed by atoms with Crippen molar-refractivity contribution in [3.05, 3.63) is 27.1 Å². The number of urea groups is 1. The highest BCUT2D eigenvalue weighted by atomic mass is 79.9. The summed E-state index contributed by atoms with van der Waals surface area (Å²) in [6, 6.07) is 5.42. The molecule has 0 spiro atoms. The monoisotopic (exact) mass is 389 g/mol. The Bertz CT molecular complexity index is 488. The van der Waals surface area contributed by atoms with Gasteiger partial charge in [-0.1, -0.05) is 15.9 Å². The number of rotatable bonds is 2. The van der Waals surface area contributed by atoms with Gasteiger partial charge in [0.2, 0.25) is 6.41 Å². The Hall–Kier alpha value is -1.08. The van der Waals surface area contributed by atoms with Crippen LogP contribution in [0.5, 0.6) is 0 Å².